The number of imide groups is 1. The van der Waals surface area contributed by atoms with Crippen LogP contribution in [-0.4, -0.2) is 40.4 Å². The van der Waals surface area contributed by atoms with Crippen LogP contribution in [0.3, 0.4) is 0 Å². The van der Waals surface area contributed by atoms with Gasteiger partial charge >= 0.3 is 0 Å². The van der Waals surface area contributed by atoms with Gasteiger partial charge in [-0.1, -0.05) is 48.0 Å². The number of carbonyl (C=O) groups excluding carboxylic acids is 3. The van der Waals surface area contributed by atoms with E-state index >= 15 is 0 Å². The van der Waals surface area contributed by atoms with Gasteiger partial charge in [0.05, 0.1) is 29.1 Å². The molecule has 200 valence electrons. The molecule has 9 nitrogen and oxygen atoms in total. The zero-order valence-electron chi connectivity index (χ0n) is 21.1. The quantitative estimate of drug-likeness (QED) is 0.332. The van der Waals surface area contributed by atoms with Crippen LogP contribution in [0.25, 0.3) is 10.9 Å². The zero-order chi connectivity index (χ0) is 27.2. The van der Waals surface area contributed by atoms with Gasteiger partial charge in [0.1, 0.15) is 5.54 Å². The molecule has 0 bridgehead atoms. The van der Waals surface area contributed by atoms with E-state index < -0.39 is 23.4 Å². The molecule has 0 unspecified atom stereocenters. The number of halogens is 1. The van der Waals surface area contributed by atoms with E-state index in [0.29, 0.717) is 34.2 Å². The first-order valence-electron chi connectivity index (χ1n) is 13.1. The van der Waals surface area contributed by atoms with Gasteiger partial charge in [0, 0.05) is 28.7 Å². The lowest BCUT2D eigenvalue weighted by Gasteiger charge is -2.29. The third-order valence-corrected chi connectivity index (χ3v) is 9.00. The number of hydrogen-bond acceptors (Lipinski definition) is 6. The number of anilines is 1. The number of amides is 3. The highest BCUT2D eigenvalue weighted by Crippen LogP contribution is 2.54. The molecule has 0 radical (unpaired) electrons. The highest BCUT2D eigenvalue weighted by molar-refractivity contribution is 6.35. The molecule has 40 heavy (non-hydrogen) atoms. The van der Waals surface area contributed by atoms with Crippen LogP contribution in [0.15, 0.2) is 66.9 Å². The van der Waals surface area contributed by atoms with Crippen molar-refractivity contribution in [2.24, 2.45) is 11.8 Å². The van der Waals surface area contributed by atoms with Crippen LogP contribution in [0.5, 0.6) is 11.5 Å². The largest absolute Gasteiger partial charge is 0.454 e. The molecular formula is C30H23ClN4O5. The zero-order valence-corrected chi connectivity index (χ0v) is 21.8. The standard InChI is InChI=1S/C30H23ClN4O5/c31-19-6-3-5-18-26(19)33-29(38)30(18)25-24(21(34-30)11-16-12-32-20-7-2-1-4-17(16)20)27(36)35(28(25)37)13-15-8-9-22-23(10-15)40-14-39-22/h1-10,12,21,24-25,32,34H,11,13-14H2,(H,33,38)/t21-,24-,25-,30-/m0/s1. The Kier molecular flexibility index (Phi) is 4.90. The summed E-state index contributed by atoms with van der Waals surface area (Å²) in [5, 5.41) is 7.81. The first-order valence-corrected chi connectivity index (χ1v) is 13.5. The van der Waals surface area contributed by atoms with Crippen LogP contribution in [-0.2, 0) is 32.9 Å². The van der Waals surface area contributed by atoms with E-state index in [1.807, 2.05) is 36.5 Å². The molecule has 8 rings (SSSR count). The third kappa shape index (κ3) is 3.10. The van der Waals surface area contributed by atoms with E-state index in [4.69, 9.17) is 21.1 Å². The number of carbonyl (C=O) groups is 3. The number of aromatic amines is 1. The molecule has 1 aromatic heterocycles. The van der Waals surface area contributed by atoms with Crippen molar-refractivity contribution in [3.05, 3.63) is 88.6 Å². The summed E-state index contributed by atoms with van der Waals surface area (Å²) in [5.41, 5.74) is 2.37. The summed E-state index contributed by atoms with van der Waals surface area (Å²) >= 11 is 6.47. The summed E-state index contributed by atoms with van der Waals surface area (Å²) in [6.45, 7) is 0.201. The minimum absolute atomic E-state index is 0.0706. The maximum atomic E-state index is 14.2. The molecule has 10 heteroatoms. The maximum Gasteiger partial charge on any atom is 0.250 e. The van der Waals surface area contributed by atoms with Crippen molar-refractivity contribution in [2.45, 2.75) is 24.5 Å². The molecule has 4 aliphatic heterocycles. The van der Waals surface area contributed by atoms with Crippen LogP contribution >= 0.6 is 11.6 Å². The average Bonchev–Trinajstić information content (AvgIpc) is 3.75. The Morgan fingerprint density at radius 1 is 0.975 bits per heavy atom. The number of nitrogens with zero attached hydrogens (tertiary/aromatic N) is 1. The second-order valence-electron chi connectivity index (χ2n) is 10.7. The van der Waals surface area contributed by atoms with Crippen molar-refractivity contribution >= 4 is 45.9 Å². The number of ether oxygens (including phenoxy) is 2. The van der Waals surface area contributed by atoms with E-state index in [2.05, 4.69) is 15.6 Å². The van der Waals surface area contributed by atoms with E-state index in [0.717, 1.165) is 22.0 Å². The fourth-order valence-corrected chi connectivity index (χ4v) is 7.16. The Morgan fingerprint density at radius 2 is 1.82 bits per heavy atom. The summed E-state index contributed by atoms with van der Waals surface area (Å²) < 4.78 is 10.9. The smallest absolute Gasteiger partial charge is 0.250 e. The summed E-state index contributed by atoms with van der Waals surface area (Å²) in [6.07, 6.45) is 2.38. The minimum atomic E-state index is -1.42. The number of aromatic nitrogens is 1. The molecule has 1 spiro atoms. The highest BCUT2D eigenvalue weighted by atomic mass is 35.5. The summed E-state index contributed by atoms with van der Waals surface area (Å²) in [6, 6.07) is 18.1. The van der Waals surface area contributed by atoms with Gasteiger partial charge in [-0.05, 0) is 41.8 Å². The van der Waals surface area contributed by atoms with Crippen molar-refractivity contribution in [1.29, 1.82) is 0 Å². The van der Waals surface area contributed by atoms with Gasteiger partial charge in [-0.15, -0.1) is 0 Å². The van der Waals surface area contributed by atoms with Crippen LogP contribution in [0.2, 0.25) is 5.02 Å². The lowest BCUT2D eigenvalue weighted by Crippen LogP contribution is -2.53. The number of H-pyrrole nitrogens is 1. The number of rotatable bonds is 4. The van der Waals surface area contributed by atoms with Gasteiger partial charge in [-0.2, -0.15) is 0 Å². The van der Waals surface area contributed by atoms with Gasteiger partial charge in [0.25, 0.3) is 0 Å². The van der Waals surface area contributed by atoms with Gasteiger partial charge < -0.3 is 19.8 Å². The molecule has 0 aliphatic carbocycles. The fraction of sp³-hybridized carbons (Fsp3) is 0.233. The molecular weight excluding hydrogens is 532 g/mol. The van der Waals surface area contributed by atoms with E-state index in [9.17, 15) is 14.4 Å². The second kappa shape index (κ2) is 8.33. The Bertz CT molecular complexity index is 1770. The Hall–Kier alpha value is -4.34. The monoisotopic (exact) mass is 554 g/mol. The molecule has 4 aromatic rings. The summed E-state index contributed by atoms with van der Waals surface area (Å²) in [5.74, 6) is -1.54. The molecule has 5 heterocycles. The second-order valence-corrected chi connectivity index (χ2v) is 11.1. The first kappa shape index (κ1) is 23.5. The van der Waals surface area contributed by atoms with Crippen molar-refractivity contribution in [1.82, 2.24) is 15.2 Å². The number of fused-ring (bicyclic) bond motifs is 6. The van der Waals surface area contributed by atoms with Crippen molar-refractivity contribution in [3.8, 4) is 11.5 Å². The molecule has 3 aromatic carbocycles. The van der Waals surface area contributed by atoms with E-state index in [1.165, 1.54) is 4.90 Å². The summed E-state index contributed by atoms with van der Waals surface area (Å²) in [7, 11) is 0. The number of benzene rings is 3. The van der Waals surface area contributed by atoms with E-state index in [-0.39, 0.29) is 31.1 Å². The van der Waals surface area contributed by atoms with Gasteiger partial charge in [0.15, 0.2) is 11.5 Å². The van der Waals surface area contributed by atoms with E-state index in [1.54, 1.807) is 30.3 Å². The predicted octanol–water partition coefficient (Wildman–Crippen LogP) is 3.71. The van der Waals surface area contributed by atoms with Crippen molar-refractivity contribution in [3.63, 3.8) is 0 Å². The summed E-state index contributed by atoms with van der Waals surface area (Å²) in [4.78, 5) is 46.7. The van der Waals surface area contributed by atoms with Gasteiger partial charge in [-0.3, -0.25) is 24.6 Å². The first-order chi connectivity index (χ1) is 19.5. The lowest BCUT2D eigenvalue weighted by molar-refractivity contribution is -0.143. The predicted molar refractivity (Wildman–Crippen MR) is 146 cm³/mol. The molecule has 0 saturated carbocycles. The van der Waals surface area contributed by atoms with Gasteiger partial charge in [-0.25, -0.2) is 0 Å². The number of para-hydroxylation sites is 2. The molecule has 2 fully saturated rings. The normalized spacial score (nSPS) is 26.2. The third-order valence-electron chi connectivity index (χ3n) is 8.68. The molecule has 4 atom stereocenters. The fourth-order valence-electron chi connectivity index (χ4n) is 6.94. The van der Waals surface area contributed by atoms with Crippen LogP contribution < -0.4 is 20.1 Å². The lowest BCUT2D eigenvalue weighted by atomic mass is 9.76. The topological polar surface area (TPSA) is 113 Å². The number of hydrogen-bond donors (Lipinski definition) is 3. The van der Waals surface area contributed by atoms with Crippen molar-refractivity contribution < 1.29 is 23.9 Å². The Morgan fingerprint density at radius 3 is 2.73 bits per heavy atom. The molecule has 4 aliphatic rings. The Labute approximate surface area is 233 Å². The number of nitrogens with one attached hydrogen (secondary N) is 3. The SMILES string of the molecule is O=C1[C@H]2[C@H](Cc3c[nH]c4ccccc34)N[C@]3(C(=O)Nc4c(Cl)cccc43)[C@@H]2C(=O)N1Cc1ccc2c(c1)OCO2. The van der Waals surface area contributed by atoms with Gasteiger partial charge in [0.2, 0.25) is 24.5 Å². The molecule has 2 saturated heterocycles. The highest BCUT2D eigenvalue weighted by Gasteiger charge is 2.70. The maximum absolute atomic E-state index is 14.2. The molecule has 3 N–H and O–H groups in total. The number of likely N-dealkylation sites (tertiary alicyclic amines) is 1. The average molecular weight is 555 g/mol. The van der Waals surface area contributed by atoms with Crippen molar-refractivity contribution in [2.75, 3.05) is 12.1 Å². The molecule has 3 amide bonds. The van der Waals surface area contributed by atoms with Crippen LogP contribution in [0.4, 0.5) is 5.69 Å². The van der Waals surface area contributed by atoms with Crippen LogP contribution in [0, 0.1) is 11.8 Å². The minimum Gasteiger partial charge on any atom is -0.454 e. The Balaban J connectivity index is 1.22. The van der Waals surface area contributed by atoms with Crippen LogP contribution in [0.1, 0.15) is 16.7 Å².